The highest BCUT2D eigenvalue weighted by Gasteiger charge is 2.35. The summed E-state index contributed by atoms with van der Waals surface area (Å²) < 4.78 is 11.3. The molecule has 7 nitrogen and oxygen atoms in total. The third kappa shape index (κ3) is 3.92. The Morgan fingerprint density at radius 3 is 2.68 bits per heavy atom. The number of hydrogen-bond donors (Lipinski definition) is 1. The molecule has 2 aliphatic rings. The van der Waals surface area contributed by atoms with Crippen LogP contribution in [-0.4, -0.2) is 36.4 Å². The lowest BCUT2D eigenvalue weighted by Gasteiger charge is -2.34. The maximum Gasteiger partial charge on any atom is 0.251 e. The van der Waals surface area contributed by atoms with Crippen molar-refractivity contribution in [1.82, 2.24) is 10.3 Å². The Labute approximate surface area is 197 Å². The van der Waals surface area contributed by atoms with Gasteiger partial charge in [-0.2, -0.15) is 0 Å². The van der Waals surface area contributed by atoms with Gasteiger partial charge in [0.05, 0.1) is 24.8 Å². The topological polar surface area (TPSA) is 80.8 Å². The number of nitrogens with zero attached hydrogens (tertiary/aromatic N) is 2. The zero-order valence-electron chi connectivity index (χ0n) is 18.8. The minimum absolute atomic E-state index is 0.0806. The number of ether oxygens (including phenoxy) is 2. The van der Waals surface area contributed by atoms with Crippen LogP contribution >= 0.6 is 0 Å². The van der Waals surface area contributed by atoms with Gasteiger partial charge in [0.1, 0.15) is 23.4 Å². The van der Waals surface area contributed by atoms with Gasteiger partial charge in [-0.3, -0.25) is 9.59 Å². The van der Waals surface area contributed by atoms with E-state index in [2.05, 4.69) is 10.3 Å². The molecule has 170 valence electrons. The van der Waals surface area contributed by atoms with Gasteiger partial charge in [-0.1, -0.05) is 18.2 Å². The molecule has 5 rings (SSSR count). The fourth-order valence-electron chi connectivity index (χ4n) is 4.06. The number of para-hydroxylation sites is 1. The molecule has 1 amide bonds. The summed E-state index contributed by atoms with van der Waals surface area (Å²) in [5.74, 6) is 1.62. The molecule has 1 atom stereocenters. The number of pyridine rings is 1. The number of fused-ring (bicyclic) bond motifs is 2. The molecule has 1 aromatic heterocycles. The Hall–Kier alpha value is -4.39. The van der Waals surface area contributed by atoms with Gasteiger partial charge in [0.2, 0.25) is 0 Å². The van der Waals surface area contributed by atoms with Crippen molar-refractivity contribution in [1.29, 1.82) is 0 Å². The molecule has 34 heavy (non-hydrogen) atoms. The number of amides is 1. The molecule has 0 aliphatic carbocycles. The standard InChI is InChI=1S/C27H23N3O4/c1-17-6-5-13-28-26(17)30-16-22-24(34-23-8-4-3-7-21(23)25(22)31)14-19(30)15-29-27(32)18-9-11-20(33-2)12-10-18/h3-14,16,24H,15H2,1-2H3,(H,29,32)/t24-/m1/s1. The molecular weight excluding hydrogens is 430 g/mol. The number of methoxy groups -OCH3 is 1. The first-order chi connectivity index (χ1) is 16.5. The van der Waals surface area contributed by atoms with Crippen LogP contribution in [-0.2, 0) is 0 Å². The van der Waals surface area contributed by atoms with Gasteiger partial charge < -0.3 is 19.7 Å². The number of benzene rings is 2. The molecule has 0 spiro atoms. The molecule has 2 aliphatic heterocycles. The molecule has 0 unspecified atom stereocenters. The van der Waals surface area contributed by atoms with E-state index in [1.54, 1.807) is 55.9 Å². The van der Waals surface area contributed by atoms with Crippen LogP contribution in [0, 0.1) is 6.92 Å². The quantitative estimate of drug-likeness (QED) is 0.628. The first-order valence-electron chi connectivity index (χ1n) is 10.9. The minimum atomic E-state index is -0.546. The molecule has 3 heterocycles. The van der Waals surface area contributed by atoms with Crippen LogP contribution in [0.4, 0.5) is 5.82 Å². The highest BCUT2D eigenvalue weighted by atomic mass is 16.5. The highest BCUT2D eigenvalue weighted by molar-refractivity contribution is 6.13. The zero-order chi connectivity index (χ0) is 23.7. The van der Waals surface area contributed by atoms with Crippen molar-refractivity contribution in [2.24, 2.45) is 0 Å². The molecule has 2 aromatic carbocycles. The summed E-state index contributed by atoms with van der Waals surface area (Å²) in [4.78, 5) is 32.4. The Morgan fingerprint density at radius 1 is 1.12 bits per heavy atom. The average molecular weight is 453 g/mol. The minimum Gasteiger partial charge on any atom is -0.497 e. The van der Waals surface area contributed by atoms with Crippen molar-refractivity contribution in [3.63, 3.8) is 0 Å². The van der Waals surface area contributed by atoms with Gasteiger partial charge >= 0.3 is 0 Å². The summed E-state index contributed by atoms with van der Waals surface area (Å²) in [6.07, 6.45) is 4.80. The maximum atomic E-state index is 13.2. The third-order valence-electron chi connectivity index (χ3n) is 5.87. The SMILES string of the molecule is COc1ccc(C(=O)NCC2=C[C@H]3Oc4ccccc4C(=O)C3=CN2c2ncccc2C)cc1. The van der Waals surface area contributed by atoms with Crippen LogP contribution in [0.2, 0.25) is 0 Å². The summed E-state index contributed by atoms with van der Waals surface area (Å²) in [6, 6.07) is 17.9. The van der Waals surface area contributed by atoms with E-state index >= 15 is 0 Å². The average Bonchev–Trinajstić information content (AvgIpc) is 2.87. The number of ketones is 1. The Kier molecular flexibility index (Phi) is 5.59. The van der Waals surface area contributed by atoms with Gasteiger partial charge in [-0.15, -0.1) is 0 Å². The van der Waals surface area contributed by atoms with E-state index in [9.17, 15) is 9.59 Å². The second kappa shape index (κ2) is 8.86. The molecule has 0 bridgehead atoms. The lowest BCUT2D eigenvalue weighted by Crippen LogP contribution is -2.39. The molecule has 0 fully saturated rings. The smallest absolute Gasteiger partial charge is 0.251 e. The van der Waals surface area contributed by atoms with Crippen LogP contribution in [0.1, 0.15) is 26.3 Å². The number of nitrogens with one attached hydrogen (secondary N) is 1. The highest BCUT2D eigenvalue weighted by Crippen LogP contribution is 2.36. The van der Waals surface area contributed by atoms with E-state index in [0.717, 1.165) is 11.3 Å². The van der Waals surface area contributed by atoms with E-state index in [0.29, 0.717) is 34.0 Å². The molecule has 1 N–H and O–H groups in total. The number of aromatic nitrogens is 1. The predicted octanol–water partition coefficient (Wildman–Crippen LogP) is 4.06. The van der Waals surface area contributed by atoms with E-state index in [1.807, 2.05) is 42.2 Å². The monoisotopic (exact) mass is 453 g/mol. The number of carbonyl (C=O) groups excluding carboxylic acids is 2. The maximum absolute atomic E-state index is 13.2. The van der Waals surface area contributed by atoms with Crippen molar-refractivity contribution in [3.8, 4) is 11.5 Å². The lowest BCUT2D eigenvalue weighted by molar-refractivity contribution is 0.0950. The lowest BCUT2D eigenvalue weighted by atomic mass is 9.93. The third-order valence-corrected chi connectivity index (χ3v) is 5.87. The van der Waals surface area contributed by atoms with Crippen LogP contribution in [0.25, 0.3) is 0 Å². The summed E-state index contributed by atoms with van der Waals surface area (Å²) in [7, 11) is 1.58. The summed E-state index contributed by atoms with van der Waals surface area (Å²) >= 11 is 0. The van der Waals surface area contributed by atoms with E-state index in [4.69, 9.17) is 9.47 Å². The summed E-state index contributed by atoms with van der Waals surface area (Å²) in [5.41, 5.74) is 3.27. The van der Waals surface area contributed by atoms with Gasteiger partial charge in [0.15, 0.2) is 5.78 Å². The van der Waals surface area contributed by atoms with Crippen LogP contribution in [0.15, 0.2) is 90.4 Å². The predicted molar refractivity (Wildman–Crippen MR) is 128 cm³/mol. The van der Waals surface area contributed by atoms with Crippen molar-refractivity contribution in [2.75, 3.05) is 18.6 Å². The van der Waals surface area contributed by atoms with Crippen LogP contribution in [0.3, 0.4) is 0 Å². The number of anilines is 1. The van der Waals surface area contributed by atoms with E-state index in [-0.39, 0.29) is 18.2 Å². The zero-order valence-corrected chi connectivity index (χ0v) is 18.8. The molecule has 7 heteroatoms. The molecule has 0 saturated heterocycles. The number of Topliss-reactive ketones (excluding diaryl/α,β-unsaturated/α-hetero) is 1. The van der Waals surface area contributed by atoms with Gasteiger partial charge in [-0.05, 0) is 61.0 Å². The largest absolute Gasteiger partial charge is 0.497 e. The van der Waals surface area contributed by atoms with Crippen molar-refractivity contribution in [2.45, 2.75) is 13.0 Å². The molecule has 0 saturated carbocycles. The van der Waals surface area contributed by atoms with Crippen molar-refractivity contribution < 1.29 is 19.1 Å². The molecule has 0 radical (unpaired) electrons. The fraction of sp³-hybridized carbons (Fsp3) is 0.148. The summed E-state index contributed by atoms with van der Waals surface area (Å²) in [6.45, 7) is 2.18. The first-order valence-corrected chi connectivity index (χ1v) is 10.9. The Balaban J connectivity index is 1.46. The number of hydrogen-bond acceptors (Lipinski definition) is 6. The fourth-order valence-corrected chi connectivity index (χ4v) is 4.06. The van der Waals surface area contributed by atoms with E-state index < -0.39 is 6.10 Å². The molecular formula is C27H23N3O4. The first kappa shape index (κ1) is 21.5. The van der Waals surface area contributed by atoms with Crippen molar-refractivity contribution >= 4 is 17.5 Å². The number of carbonyl (C=O) groups is 2. The van der Waals surface area contributed by atoms with Gasteiger partial charge in [-0.25, -0.2) is 4.98 Å². The second-order valence-corrected chi connectivity index (χ2v) is 8.03. The number of aryl methyl sites for hydroxylation is 1. The van der Waals surface area contributed by atoms with E-state index in [1.165, 1.54) is 0 Å². The van der Waals surface area contributed by atoms with Crippen LogP contribution in [0.5, 0.6) is 11.5 Å². The van der Waals surface area contributed by atoms with Gasteiger partial charge in [0, 0.05) is 23.7 Å². The normalized spacial score (nSPS) is 16.5. The Bertz CT molecular complexity index is 1330. The van der Waals surface area contributed by atoms with Gasteiger partial charge in [0.25, 0.3) is 5.91 Å². The summed E-state index contributed by atoms with van der Waals surface area (Å²) in [5, 5.41) is 2.96. The van der Waals surface area contributed by atoms with Crippen molar-refractivity contribution in [3.05, 3.63) is 107 Å². The van der Waals surface area contributed by atoms with Crippen LogP contribution < -0.4 is 19.7 Å². The Morgan fingerprint density at radius 2 is 1.91 bits per heavy atom. The molecule has 3 aromatic rings. The number of rotatable bonds is 5. The second-order valence-electron chi connectivity index (χ2n) is 8.03.